The first-order valence-electron chi connectivity index (χ1n) is 8.27. The summed E-state index contributed by atoms with van der Waals surface area (Å²) in [5.74, 6) is 0.781. The normalized spacial score (nSPS) is 32.8. The zero-order chi connectivity index (χ0) is 17.8. The van der Waals surface area contributed by atoms with Gasteiger partial charge < -0.3 is 20.5 Å². The second-order valence-corrected chi connectivity index (χ2v) is 7.58. The van der Waals surface area contributed by atoms with E-state index in [2.05, 4.69) is 42.4 Å². The van der Waals surface area contributed by atoms with Crippen LogP contribution in [0.5, 0.6) is 0 Å². The first-order chi connectivity index (χ1) is 11.9. The van der Waals surface area contributed by atoms with E-state index in [-0.39, 0.29) is 5.95 Å². The van der Waals surface area contributed by atoms with Crippen LogP contribution in [-0.2, 0) is 4.74 Å². The molecule has 4 rings (SSSR count). The van der Waals surface area contributed by atoms with Gasteiger partial charge in [0.15, 0.2) is 28.9 Å². The van der Waals surface area contributed by atoms with E-state index in [9.17, 15) is 5.11 Å². The van der Waals surface area contributed by atoms with E-state index in [4.69, 9.17) is 10.5 Å². The number of fused-ring (bicyclic) bond motifs is 1. The number of alkyl halides is 2. The van der Waals surface area contributed by atoms with Crippen molar-refractivity contribution in [2.24, 2.45) is 0 Å². The van der Waals surface area contributed by atoms with E-state index in [1.807, 2.05) is 0 Å². The van der Waals surface area contributed by atoms with Crippen LogP contribution < -0.4 is 10.6 Å². The molecule has 2 aromatic rings. The van der Waals surface area contributed by atoms with Crippen molar-refractivity contribution in [2.45, 2.75) is 43.9 Å². The molecule has 0 radical (unpaired) electrons. The van der Waals surface area contributed by atoms with Crippen molar-refractivity contribution in [3.05, 3.63) is 6.33 Å². The third-order valence-corrected chi connectivity index (χ3v) is 5.82. The van der Waals surface area contributed by atoms with Crippen molar-refractivity contribution >= 4 is 45.5 Å². The molecule has 0 spiro atoms. The lowest BCUT2D eigenvalue weighted by Crippen LogP contribution is -2.40. The number of anilines is 2. The highest BCUT2D eigenvalue weighted by atomic mass is 127. The second kappa shape index (κ2) is 6.16. The van der Waals surface area contributed by atoms with Crippen LogP contribution >= 0.6 is 22.6 Å². The predicted molar refractivity (Wildman–Crippen MR) is 99.5 cm³/mol. The van der Waals surface area contributed by atoms with Crippen molar-refractivity contribution in [3.8, 4) is 0 Å². The lowest BCUT2D eigenvalue weighted by Gasteiger charge is -2.24. The highest BCUT2D eigenvalue weighted by Gasteiger charge is 2.55. The third-order valence-electron chi connectivity index (χ3n) is 4.95. The fourth-order valence-corrected chi connectivity index (χ4v) is 4.27. The van der Waals surface area contributed by atoms with E-state index in [0.29, 0.717) is 21.4 Å². The number of hydrogen-bond acceptors (Lipinski definition) is 7. The Kier molecular flexibility index (Phi) is 4.23. The van der Waals surface area contributed by atoms with Gasteiger partial charge in [0.25, 0.3) is 0 Å². The number of aliphatic hydroxyl groups is 1. The van der Waals surface area contributed by atoms with Crippen LogP contribution in [0.4, 0.5) is 16.2 Å². The van der Waals surface area contributed by atoms with Crippen molar-refractivity contribution in [3.63, 3.8) is 0 Å². The zero-order valence-corrected chi connectivity index (χ0v) is 15.9. The molecule has 0 amide bonds. The van der Waals surface area contributed by atoms with E-state index in [1.165, 1.54) is 17.8 Å². The molecule has 3 N–H and O–H groups in total. The number of halogens is 2. The van der Waals surface area contributed by atoms with E-state index in [0.717, 1.165) is 25.9 Å². The second-order valence-electron chi connectivity index (χ2n) is 6.70. The molecule has 2 aliphatic heterocycles. The van der Waals surface area contributed by atoms with E-state index in [1.54, 1.807) is 0 Å². The summed E-state index contributed by atoms with van der Waals surface area (Å²) in [4.78, 5) is 15.1. The van der Waals surface area contributed by atoms with E-state index < -0.39 is 24.1 Å². The molecule has 0 aliphatic carbocycles. The topological polar surface area (TPSA) is 102 Å². The van der Waals surface area contributed by atoms with E-state index >= 15 is 4.39 Å². The van der Waals surface area contributed by atoms with Gasteiger partial charge >= 0.3 is 0 Å². The molecular formula is C15H20FIN6O2. The van der Waals surface area contributed by atoms with Gasteiger partial charge in [-0.3, -0.25) is 4.57 Å². The molecule has 0 bridgehead atoms. The van der Waals surface area contributed by atoms with Gasteiger partial charge in [-0.25, -0.2) is 9.37 Å². The summed E-state index contributed by atoms with van der Waals surface area (Å²) in [5.41, 5.74) is 4.92. The Bertz CT molecular complexity index is 794. The highest BCUT2D eigenvalue weighted by molar-refractivity contribution is 14.1. The van der Waals surface area contributed by atoms with Gasteiger partial charge in [0.05, 0.1) is 12.4 Å². The number of rotatable bonds is 3. The molecule has 8 nitrogen and oxygen atoms in total. The maximum atomic E-state index is 15.2. The molecule has 2 saturated heterocycles. The Hall–Kier alpha value is -1.27. The molecule has 25 heavy (non-hydrogen) atoms. The molecular weight excluding hydrogens is 442 g/mol. The first kappa shape index (κ1) is 17.2. The maximum Gasteiger partial charge on any atom is 0.224 e. The lowest BCUT2D eigenvalue weighted by atomic mass is 9.99. The zero-order valence-electron chi connectivity index (χ0n) is 13.8. The quantitative estimate of drug-likeness (QED) is 0.526. The monoisotopic (exact) mass is 462 g/mol. The number of hydrogen-bond donors (Lipinski definition) is 2. The first-order valence-corrected chi connectivity index (χ1v) is 9.79. The third kappa shape index (κ3) is 2.65. The number of nitrogens with two attached hydrogens (primary N) is 1. The number of aliphatic hydroxyl groups excluding tert-OH is 1. The van der Waals surface area contributed by atoms with Gasteiger partial charge in [-0.05, 0) is 19.8 Å². The number of imidazole rings is 1. The van der Waals surface area contributed by atoms with Gasteiger partial charge in [0.2, 0.25) is 5.95 Å². The summed E-state index contributed by atoms with van der Waals surface area (Å²) in [6.45, 7) is 3.11. The fraction of sp³-hybridized carbons (Fsp3) is 0.667. The SMILES string of the molecule is C[C@@]1(F)[C@H](O)[C@H](CI)O[C@H]1n1cnc2c(N3CCCC3)nc(N)nc21. The van der Waals surface area contributed by atoms with Gasteiger partial charge in [-0.1, -0.05) is 22.6 Å². The Labute approximate surface area is 157 Å². The van der Waals surface area contributed by atoms with Crippen LogP contribution in [-0.4, -0.2) is 60.0 Å². The molecule has 2 aromatic heterocycles. The smallest absolute Gasteiger partial charge is 0.224 e. The summed E-state index contributed by atoms with van der Waals surface area (Å²) in [6, 6.07) is 0. The molecule has 136 valence electrons. The molecule has 2 fully saturated rings. The minimum atomic E-state index is -1.96. The molecule has 0 unspecified atom stereocenters. The molecule has 4 heterocycles. The average molecular weight is 462 g/mol. The van der Waals surface area contributed by atoms with Gasteiger partial charge in [-0.2, -0.15) is 9.97 Å². The summed E-state index contributed by atoms with van der Waals surface area (Å²) >= 11 is 2.07. The number of nitrogen functional groups attached to an aromatic ring is 1. The molecule has 10 heteroatoms. The molecule has 0 saturated carbocycles. The van der Waals surface area contributed by atoms with Gasteiger partial charge in [0.1, 0.15) is 6.10 Å². The number of aromatic nitrogens is 4. The molecule has 2 aliphatic rings. The maximum absolute atomic E-state index is 15.2. The van der Waals surface area contributed by atoms with Crippen molar-refractivity contribution in [1.29, 1.82) is 0 Å². The van der Waals surface area contributed by atoms with Gasteiger partial charge in [0, 0.05) is 17.5 Å². The summed E-state index contributed by atoms with van der Waals surface area (Å²) in [5, 5.41) is 10.2. The minimum absolute atomic E-state index is 0.112. The van der Waals surface area contributed by atoms with Crippen molar-refractivity contribution in [1.82, 2.24) is 19.5 Å². The predicted octanol–water partition coefficient (Wildman–Crippen LogP) is 1.43. The van der Waals surface area contributed by atoms with Crippen LogP contribution in [0.3, 0.4) is 0 Å². The summed E-state index contributed by atoms with van der Waals surface area (Å²) in [6.07, 6.45) is 0.837. The van der Waals surface area contributed by atoms with Crippen LogP contribution in [0.1, 0.15) is 26.0 Å². The summed E-state index contributed by atoms with van der Waals surface area (Å²) in [7, 11) is 0. The van der Waals surface area contributed by atoms with Crippen molar-refractivity contribution < 1.29 is 14.2 Å². The standard InChI is InChI=1S/C15H20FIN6O2/c1-15(16)10(24)8(6-17)25-13(15)23-7-19-9-11(22-4-2-3-5-22)20-14(18)21-12(9)23/h7-8,10,13,24H,2-6H2,1H3,(H2,18,20,21)/t8-,10+,13+,15+/m0/s1. The number of nitrogens with zero attached hydrogens (tertiary/aromatic N) is 5. The van der Waals surface area contributed by atoms with Crippen LogP contribution in [0, 0.1) is 0 Å². The Balaban J connectivity index is 1.81. The van der Waals surface area contributed by atoms with Crippen LogP contribution in [0.15, 0.2) is 6.33 Å². The fourth-order valence-electron chi connectivity index (χ4n) is 3.58. The number of ether oxygens (including phenoxy) is 1. The highest BCUT2D eigenvalue weighted by Crippen LogP contribution is 2.43. The van der Waals surface area contributed by atoms with Gasteiger partial charge in [-0.15, -0.1) is 0 Å². The average Bonchev–Trinajstić information content (AvgIpc) is 3.28. The van der Waals surface area contributed by atoms with Crippen LogP contribution in [0.25, 0.3) is 11.2 Å². The van der Waals surface area contributed by atoms with Crippen molar-refractivity contribution in [2.75, 3.05) is 28.2 Å². The lowest BCUT2D eigenvalue weighted by molar-refractivity contribution is -0.0413. The van der Waals surface area contributed by atoms with Crippen LogP contribution in [0.2, 0.25) is 0 Å². The Morgan fingerprint density at radius 1 is 1.44 bits per heavy atom. The Morgan fingerprint density at radius 2 is 2.16 bits per heavy atom. The molecule has 0 aromatic carbocycles. The summed E-state index contributed by atoms with van der Waals surface area (Å²) < 4.78 is 23.0. The molecule has 4 atom stereocenters. The minimum Gasteiger partial charge on any atom is -0.387 e. The largest absolute Gasteiger partial charge is 0.387 e. The Morgan fingerprint density at radius 3 is 2.80 bits per heavy atom.